The molecule has 1 aromatic rings. The van der Waals surface area contributed by atoms with Crippen molar-refractivity contribution in [1.82, 2.24) is 15.3 Å². The molecule has 0 aromatic carbocycles. The molecule has 2 rings (SSSR count). The van der Waals surface area contributed by atoms with Gasteiger partial charge in [0, 0.05) is 31.4 Å². The summed E-state index contributed by atoms with van der Waals surface area (Å²) >= 11 is 5.79. The Morgan fingerprint density at radius 3 is 3.06 bits per heavy atom. The van der Waals surface area contributed by atoms with E-state index in [4.69, 9.17) is 16.7 Å². The number of nitrogens with one attached hydrogen (secondary N) is 1. The summed E-state index contributed by atoms with van der Waals surface area (Å²) < 4.78 is 0. The predicted molar refractivity (Wildman–Crippen MR) is 63.4 cm³/mol. The number of piperazine rings is 1. The number of aliphatic carboxylic acids is 1. The molecular formula is C10H13ClN4O2. The molecule has 6 nitrogen and oxygen atoms in total. The Kier molecular flexibility index (Phi) is 3.44. The van der Waals surface area contributed by atoms with Crippen LogP contribution in [-0.4, -0.2) is 46.7 Å². The van der Waals surface area contributed by atoms with Crippen LogP contribution < -0.4 is 10.2 Å². The Labute approximate surface area is 104 Å². The highest BCUT2D eigenvalue weighted by atomic mass is 35.5. The maximum Gasteiger partial charge on any atom is 0.322 e. The number of hydrogen-bond donors (Lipinski definition) is 2. The minimum Gasteiger partial charge on any atom is -0.480 e. The van der Waals surface area contributed by atoms with Crippen LogP contribution in [0.3, 0.4) is 0 Å². The van der Waals surface area contributed by atoms with Crippen molar-refractivity contribution in [3.63, 3.8) is 0 Å². The second kappa shape index (κ2) is 4.85. The van der Waals surface area contributed by atoms with E-state index in [-0.39, 0.29) is 5.28 Å². The topological polar surface area (TPSA) is 78.4 Å². The molecule has 0 bridgehead atoms. The van der Waals surface area contributed by atoms with Gasteiger partial charge >= 0.3 is 5.97 Å². The number of carbonyl (C=O) groups is 1. The number of hydrogen-bond acceptors (Lipinski definition) is 5. The van der Waals surface area contributed by atoms with E-state index in [2.05, 4.69) is 15.3 Å². The van der Waals surface area contributed by atoms with Gasteiger partial charge < -0.3 is 15.3 Å². The Balaban J connectivity index is 2.18. The third kappa shape index (κ3) is 2.83. The van der Waals surface area contributed by atoms with Gasteiger partial charge in [0.15, 0.2) is 0 Å². The summed E-state index contributed by atoms with van der Waals surface area (Å²) in [6.45, 7) is 3.52. The minimum atomic E-state index is -0.855. The predicted octanol–water partition coefficient (Wildman–Crippen LogP) is 0.301. The second-order valence-corrected chi connectivity index (χ2v) is 4.27. The van der Waals surface area contributed by atoms with Crippen LogP contribution in [-0.2, 0) is 4.79 Å². The largest absolute Gasteiger partial charge is 0.480 e. The zero-order valence-corrected chi connectivity index (χ0v) is 10.1. The highest BCUT2D eigenvalue weighted by Crippen LogP contribution is 2.16. The molecule has 1 aromatic heterocycles. The molecule has 0 spiro atoms. The fraction of sp³-hybridized carbons (Fsp3) is 0.500. The van der Waals surface area contributed by atoms with Crippen molar-refractivity contribution in [3.05, 3.63) is 17.0 Å². The number of rotatable bonds is 2. The van der Waals surface area contributed by atoms with Crippen LogP contribution in [0.2, 0.25) is 5.28 Å². The molecule has 2 N–H and O–H groups in total. The van der Waals surface area contributed by atoms with Crippen molar-refractivity contribution < 1.29 is 9.90 Å². The summed E-state index contributed by atoms with van der Waals surface area (Å²) in [6, 6.07) is 1.23. The molecule has 0 saturated carbocycles. The standard InChI is InChI=1S/C10H13ClN4O2/c1-6-4-8(14-10(11)13-6)15-3-2-12-7(5-15)9(16)17/h4,7,12H,2-3,5H2,1H3,(H,16,17)/t7-/m0/s1. The molecule has 1 saturated heterocycles. The number of carboxylic acid groups (broad SMARTS) is 1. The number of aryl methyl sites for hydroxylation is 1. The zero-order chi connectivity index (χ0) is 12.4. The van der Waals surface area contributed by atoms with Crippen LogP contribution >= 0.6 is 11.6 Å². The van der Waals surface area contributed by atoms with Gasteiger partial charge in [-0.3, -0.25) is 4.79 Å². The Hall–Kier alpha value is -1.40. The van der Waals surface area contributed by atoms with Crippen molar-refractivity contribution >= 4 is 23.4 Å². The first-order valence-electron chi connectivity index (χ1n) is 5.28. The molecule has 0 radical (unpaired) electrons. The van der Waals surface area contributed by atoms with Gasteiger partial charge in [-0.05, 0) is 18.5 Å². The summed E-state index contributed by atoms with van der Waals surface area (Å²) in [7, 11) is 0. The first kappa shape index (κ1) is 12.1. The SMILES string of the molecule is Cc1cc(N2CCN[C@H](C(=O)O)C2)nc(Cl)n1. The van der Waals surface area contributed by atoms with E-state index < -0.39 is 12.0 Å². The maximum atomic E-state index is 10.9. The third-order valence-electron chi connectivity index (χ3n) is 2.61. The van der Waals surface area contributed by atoms with E-state index in [1.807, 2.05) is 11.8 Å². The highest BCUT2D eigenvalue weighted by Gasteiger charge is 2.25. The van der Waals surface area contributed by atoms with Crippen molar-refractivity contribution in [2.45, 2.75) is 13.0 Å². The van der Waals surface area contributed by atoms with Gasteiger partial charge in [0.25, 0.3) is 0 Å². The van der Waals surface area contributed by atoms with Gasteiger partial charge in [0.2, 0.25) is 5.28 Å². The lowest BCUT2D eigenvalue weighted by molar-refractivity contribution is -0.139. The Bertz CT molecular complexity index is 420. The smallest absolute Gasteiger partial charge is 0.322 e. The lowest BCUT2D eigenvalue weighted by atomic mass is 10.2. The van der Waals surface area contributed by atoms with Gasteiger partial charge in [-0.25, -0.2) is 9.97 Å². The molecular weight excluding hydrogens is 244 g/mol. The fourth-order valence-electron chi connectivity index (χ4n) is 1.80. The number of carboxylic acids is 1. The third-order valence-corrected chi connectivity index (χ3v) is 2.78. The van der Waals surface area contributed by atoms with E-state index in [9.17, 15) is 4.79 Å². The molecule has 0 aliphatic carbocycles. The summed E-state index contributed by atoms with van der Waals surface area (Å²) in [4.78, 5) is 20.9. The van der Waals surface area contributed by atoms with E-state index in [0.29, 0.717) is 25.5 Å². The Morgan fingerprint density at radius 2 is 2.41 bits per heavy atom. The summed E-state index contributed by atoms with van der Waals surface area (Å²) in [5.74, 6) is -0.179. The van der Waals surface area contributed by atoms with Gasteiger partial charge in [-0.1, -0.05) is 0 Å². The molecule has 1 atom stereocenters. The van der Waals surface area contributed by atoms with Gasteiger partial charge in [-0.2, -0.15) is 0 Å². The van der Waals surface area contributed by atoms with Crippen LogP contribution in [0.25, 0.3) is 0 Å². The highest BCUT2D eigenvalue weighted by molar-refractivity contribution is 6.28. The number of anilines is 1. The van der Waals surface area contributed by atoms with Crippen LogP contribution in [0.5, 0.6) is 0 Å². The number of aromatic nitrogens is 2. The van der Waals surface area contributed by atoms with E-state index in [1.165, 1.54) is 0 Å². The summed E-state index contributed by atoms with van der Waals surface area (Å²) in [5, 5.41) is 12.1. The second-order valence-electron chi connectivity index (χ2n) is 3.93. The van der Waals surface area contributed by atoms with Crippen molar-refractivity contribution in [3.8, 4) is 0 Å². The molecule has 0 unspecified atom stereocenters. The summed E-state index contributed by atoms with van der Waals surface area (Å²) in [5.41, 5.74) is 0.769. The Morgan fingerprint density at radius 1 is 1.65 bits per heavy atom. The average molecular weight is 257 g/mol. The van der Waals surface area contributed by atoms with E-state index in [0.717, 1.165) is 5.69 Å². The minimum absolute atomic E-state index is 0.186. The molecule has 0 amide bonds. The van der Waals surface area contributed by atoms with Crippen LogP contribution in [0, 0.1) is 6.92 Å². The summed E-state index contributed by atoms with van der Waals surface area (Å²) in [6.07, 6.45) is 0. The molecule has 1 aliphatic heterocycles. The molecule has 2 heterocycles. The maximum absolute atomic E-state index is 10.9. The number of nitrogens with zero attached hydrogens (tertiary/aromatic N) is 3. The van der Waals surface area contributed by atoms with Crippen molar-refractivity contribution in [2.75, 3.05) is 24.5 Å². The molecule has 1 aliphatic rings. The number of halogens is 1. The lowest BCUT2D eigenvalue weighted by Gasteiger charge is -2.32. The van der Waals surface area contributed by atoms with Crippen molar-refractivity contribution in [1.29, 1.82) is 0 Å². The van der Waals surface area contributed by atoms with Gasteiger partial charge in [0.1, 0.15) is 11.9 Å². The molecule has 7 heteroatoms. The van der Waals surface area contributed by atoms with Crippen LogP contribution in [0.15, 0.2) is 6.07 Å². The van der Waals surface area contributed by atoms with Gasteiger partial charge in [0.05, 0.1) is 0 Å². The van der Waals surface area contributed by atoms with Gasteiger partial charge in [-0.15, -0.1) is 0 Å². The molecule has 1 fully saturated rings. The van der Waals surface area contributed by atoms with Crippen LogP contribution in [0.4, 0.5) is 5.82 Å². The monoisotopic (exact) mass is 256 g/mol. The first-order chi connectivity index (χ1) is 8.06. The normalized spacial score (nSPS) is 20.4. The lowest BCUT2D eigenvalue weighted by Crippen LogP contribution is -2.54. The van der Waals surface area contributed by atoms with E-state index >= 15 is 0 Å². The van der Waals surface area contributed by atoms with Crippen LogP contribution in [0.1, 0.15) is 5.69 Å². The fourth-order valence-corrected chi connectivity index (χ4v) is 2.02. The zero-order valence-electron chi connectivity index (χ0n) is 9.35. The molecule has 92 valence electrons. The first-order valence-corrected chi connectivity index (χ1v) is 5.66. The van der Waals surface area contributed by atoms with E-state index in [1.54, 1.807) is 6.07 Å². The van der Waals surface area contributed by atoms with Crippen molar-refractivity contribution in [2.24, 2.45) is 0 Å². The quantitative estimate of drug-likeness (QED) is 0.741. The average Bonchev–Trinajstić information content (AvgIpc) is 2.28. The molecule has 17 heavy (non-hydrogen) atoms.